The second kappa shape index (κ2) is 6.26. The van der Waals surface area contributed by atoms with Gasteiger partial charge in [0, 0.05) is 11.9 Å². The normalized spacial score (nSPS) is 9.63. The highest BCUT2D eigenvalue weighted by molar-refractivity contribution is 5.91. The number of carbonyl (C=O) groups is 1. The Morgan fingerprint density at radius 2 is 2.05 bits per heavy atom. The van der Waals surface area contributed by atoms with E-state index < -0.39 is 0 Å². The number of nitrogens with zero attached hydrogens (tertiary/aromatic N) is 3. The molecule has 5 nitrogen and oxygen atoms in total. The molecule has 0 saturated heterocycles. The molecule has 1 aromatic carbocycles. The molecule has 0 unspecified atom stereocenters. The van der Waals surface area contributed by atoms with Crippen LogP contribution >= 0.6 is 0 Å². The molecule has 0 spiro atoms. The molecule has 1 heterocycles. The van der Waals surface area contributed by atoms with Gasteiger partial charge in [0.15, 0.2) is 0 Å². The first-order valence-corrected chi connectivity index (χ1v) is 5.80. The predicted molar refractivity (Wildman–Crippen MR) is 70.1 cm³/mol. The predicted octanol–water partition coefficient (Wildman–Crippen LogP) is 1.72. The fourth-order valence-corrected chi connectivity index (χ4v) is 1.58. The van der Waals surface area contributed by atoms with Crippen LogP contribution in [0.15, 0.2) is 42.6 Å². The summed E-state index contributed by atoms with van der Waals surface area (Å²) in [6.07, 6.45) is 1.87. The van der Waals surface area contributed by atoms with E-state index in [-0.39, 0.29) is 18.7 Å². The molecule has 1 aromatic heterocycles. The molecule has 0 aliphatic carbocycles. The lowest BCUT2D eigenvalue weighted by Gasteiger charge is -2.04. The molecule has 0 radical (unpaired) electrons. The number of para-hydroxylation sites is 1. The molecular formula is C14H12N4O. The lowest BCUT2D eigenvalue weighted by Crippen LogP contribution is -2.16. The van der Waals surface area contributed by atoms with Crippen LogP contribution in [0.1, 0.15) is 11.5 Å². The fourth-order valence-electron chi connectivity index (χ4n) is 1.58. The third-order valence-corrected chi connectivity index (χ3v) is 2.40. The third-order valence-electron chi connectivity index (χ3n) is 2.40. The molecule has 1 N–H and O–H groups in total. The fraction of sp³-hybridized carbons (Fsp3) is 0.143. The topological polar surface area (TPSA) is 78.7 Å². The van der Waals surface area contributed by atoms with E-state index in [9.17, 15) is 4.79 Å². The van der Waals surface area contributed by atoms with Gasteiger partial charge in [-0.3, -0.25) is 4.79 Å². The van der Waals surface area contributed by atoms with Crippen LogP contribution in [0.2, 0.25) is 0 Å². The summed E-state index contributed by atoms with van der Waals surface area (Å²) in [5.41, 5.74) is 1.36. The molecule has 0 aliphatic heterocycles. The summed E-state index contributed by atoms with van der Waals surface area (Å²) < 4.78 is 0. The summed E-state index contributed by atoms with van der Waals surface area (Å²) in [5.74, 6) is 0.237. The zero-order chi connectivity index (χ0) is 13.5. The van der Waals surface area contributed by atoms with Gasteiger partial charge in [-0.2, -0.15) is 5.26 Å². The quantitative estimate of drug-likeness (QED) is 0.898. The highest BCUT2D eigenvalue weighted by Gasteiger charge is 2.07. The van der Waals surface area contributed by atoms with Gasteiger partial charge in [0.2, 0.25) is 5.91 Å². The summed E-state index contributed by atoms with van der Waals surface area (Å²) in [6.45, 7) is 0. The van der Waals surface area contributed by atoms with E-state index in [1.165, 1.54) is 0 Å². The maximum Gasteiger partial charge on any atom is 0.232 e. The molecule has 19 heavy (non-hydrogen) atoms. The summed E-state index contributed by atoms with van der Waals surface area (Å²) in [6, 6.07) is 12.9. The van der Waals surface area contributed by atoms with Gasteiger partial charge in [0.25, 0.3) is 0 Å². The van der Waals surface area contributed by atoms with Crippen LogP contribution < -0.4 is 5.32 Å². The molecule has 1 amide bonds. The standard InChI is InChI=1S/C14H12N4O/c15-8-6-12-7-9-16-13(17-12)10-14(19)18-11-4-2-1-3-5-11/h1-5,7,9H,6,10H2,(H,18,19). The van der Waals surface area contributed by atoms with E-state index >= 15 is 0 Å². The first-order chi connectivity index (χ1) is 9.28. The highest BCUT2D eigenvalue weighted by Crippen LogP contribution is 2.06. The Kier molecular flexibility index (Phi) is 4.19. The van der Waals surface area contributed by atoms with Crippen molar-refractivity contribution < 1.29 is 4.79 Å². The van der Waals surface area contributed by atoms with E-state index in [2.05, 4.69) is 15.3 Å². The van der Waals surface area contributed by atoms with E-state index in [1.807, 2.05) is 36.4 Å². The van der Waals surface area contributed by atoms with Crippen LogP contribution in [0.3, 0.4) is 0 Å². The van der Waals surface area contributed by atoms with Crippen LogP contribution in [0.4, 0.5) is 5.69 Å². The van der Waals surface area contributed by atoms with Crippen molar-refractivity contribution in [1.29, 1.82) is 5.26 Å². The molecule has 0 aliphatic rings. The van der Waals surface area contributed by atoms with Gasteiger partial charge < -0.3 is 5.32 Å². The lowest BCUT2D eigenvalue weighted by atomic mass is 10.3. The number of carbonyl (C=O) groups excluding carboxylic acids is 1. The number of hydrogen-bond acceptors (Lipinski definition) is 4. The van der Waals surface area contributed by atoms with Crippen molar-refractivity contribution in [3.8, 4) is 6.07 Å². The third kappa shape index (κ3) is 3.89. The molecule has 2 rings (SSSR count). The van der Waals surface area contributed by atoms with Gasteiger partial charge in [-0.25, -0.2) is 9.97 Å². The first kappa shape index (κ1) is 12.7. The van der Waals surface area contributed by atoms with Gasteiger partial charge >= 0.3 is 0 Å². The van der Waals surface area contributed by atoms with E-state index in [0.29, 0.717) is 11.5 Å². The maximum absolute atomic E-state index is 11.8. The minimum Gasteiger partial charge on any atom is -0.326 e. The summed E-state index contributed by atoms with van der Waals surface area (Å²) in [5, 5.41) is 11.4. The van der Waals surface area contributed by atoms with Gasteiger partial charge in [-0.1, -0.05) is 18.2 Å². The number of anilines is 1. The Bertz CT molecular complexity index is 604. The minimum absolute atomic E-state index is 0.0914. The average Bonchev–Trinajstić information content (AvgIpc) is 2.40. The zero-order valence-electron chi connectivity index (χ0n) is 10.2. The van der Waals surface area contributed by atoms with Crippen molar-refractivity contribution in [3.63, 3.8) is 0 Å². The highest BCUT2D eigenvalue weighted by atomic mass is 16.1. The Morgan fingerprint density at radius 1 is 1.26 bits per heavy atom. The molecule has 0 atom stereocenters. The van der Waals surface area contributed by atoms with Gasteiger partial charge in [-0.15, -0.1) is 0 Å². The van der Waals surface area contributed by atoms with Crippen LogP contribution in [0.5, 0.6) is 0 Å². The molecule has 2 aromatic rings. The van der Waals surface area contributed by atoms with Crippen molar-refractivity contribution in [3.05, 3.63) is 54.1 Å². The van der Waals surface area contributed by atoms with E-state index in [0.717, 1.165) is 5.69 Å². The average molecular weight is 252 g/mol. The minimum atomic E-state index is -0.180. The molecule has 0 fully saturated rings. The molecule has 0 saturated carbocycles. The molecule has 94 valence electrons. The largest absolute Gasteiger partial charge is 0.326 e. The molecule has 0 bridgehead atoms. The molecule has 5 heteroatoms. The van der Waals surface area contributed by atoms with Crippen molar-refractivity contribution in [1.82, 2.24) is 9.97 Å². The maximum atomic E-state index is 11.8. The number of aromatic nitrogens is 2. The molecular weight excluding hydrogens is 240 g/mol. The zero-order valence-corrected chi connectivity index (χ0v) is 10.2. The number of amides is 1. The van der Waals surface area contributed by atoms with Crippen molar-refractivity contribution in [2.24, 2.45) is 0 Å². The number of benzene rings is 1. The Morgan fingerprint density at radius 3 is 2.79 bits per heavy atom. The van der Waals surface area contributed by atoms with Crippen molar-refractivity contribution in [2.75, 3.05) is 5.32 Å². The monoisotopic (exact) mass is 252 g/mol. The van der Waals surface area contributed by atoms with Gasteiger partial charge in [0.05, 0.1) is 24.6 Å². The van der Waals surface area contributed by atoms with E-state index in [4.69, 9.17) is 5.26 Å². The van der Waals surface area contributed by atoms with Crippen LogP contribution in [-0.2, 0) is 17.6 Å². The lowest BCUT2D eigenvalue weighted by molar-refractivity contribution is -0.115. The van der Waals surface area contributed by atoms with Gasteiger partial charge in [0.1, 0.15) is 5.82 Å². The van der Waals surface area contributed by atoms with Crippen LogP contribution in [0, 0.1) is 11.3 Å². The summed E-state index contributed by atoms with van der Waals surface area (Å²) in [7, 11) is 0. The summed E-state index contributed by atoms with van der Waals surface area (Å²) in [4.78, 5) is 20.0. The Labute approximate surface area is 110 Å². The van der Waals surface area contributed by atoms with E-state index in [1.54, 1.807) is 12.3 Å². The number of nitrogens with one attached hydrogen (secondary N) is 1. The Hall–Kier alpha value is -2.74. The summed E-state index contributed by atoms with van der Waals surface area (Å²) >= 11 is 0. The van der Waals surface area contributed by atoms with Crippen LogP contribution in [0.25, 0.3) is 0 Å². The Balaban J connectivity index is 1.99. The number of hydrogen-bond donors (Lipinski definition) is 1. The SMILES string of the molecule is N#CCc1ccnc(CC(=O)Nc2ccccc2)n1. The van der Waals surface area contributed by atoms with Gasteiger partial charge in [-0.05, 0) is 18.2 Å². The second-order valence-corrected chi connectivity index (χ2v) is 3.89. The first-order valence-electron chi connectivity index (χ1n) is 5.80. The second-order valence-electron chi connectivity index (χ2n) is 3.89. The number of nitriles is 1. The van der Waals surface area contributed by atoms with Crippen molar-refractivity contribution in [2.45, 2.75) is 12.8 Å². The number of rotatable bonds is 4. The van der Waals surface area contributed by atoms with Crippen LogP contribution in [-0.4, -0.2) is 15.9 Å². The van der Waals surface area contributed by atoms with Crippen molar-refractivity contribution >= 4 is 11.6 Å². The smallest absolute Gasteiger partial charge is 0.232 e.